The van der Waals surface area contributed by atoms with E-state index in [1.807, 2.05) is 36.4 Å². The number of hydrogen-bond donors (Lipinski definition) is 2. The smallest absolute Gasteiger partial charge is 0.313 e. The van der Waals surface area contributed by atoms with Crippen LogP contribution in [0.2, 0.25) is 0 Å². The monoisotopic (exact) mass is 345 g/mol. The lowest BCUT2D eigenvalue weighted by Gasteiger charge is -2.08. The fraction of sp³-hybridized carbons (Fsp3) is 0.0952. The summed E-state index contributed by atoms with van der Waals surface area (Å²) in [5, 5.41) is 5.15. The van der Waals surface area contributed by atoms with E-state index in [9.17, 15) is 9.59 Å². The number of pyridine rings is 1. The highest BCUT2D eigenvalue weighted by Gasteiger charge is 2.13. The first-order chi connectivity index (χ1) is 12.6. The van der Waals surface area contributed by atoms with Crippen LogP contribution >= 0.6 is 0 Å². The van der Waals surface area contributed by atoms with Crippen molar-refractivity contribution in [1.82, 2.24) is 10.3 Å². The molecule has 2 N–H and O–H groups in total. The maximum Gasteiger partial charge on any atom is 0.313 e. The van der Waals surface area contributed by atoms with Crippen LogP contribution in [0.25, 0.3) is 11.1 Å². The predicted octanol–water partition coefficient (Wildman–Crippen LogP) is 3.31. The lowest BCUT2D eigenvalue weighted by molar-refractivity contribution is -0.136. The van der Waals surface area contributed by atoms with Gasteiger partial charge in [0.05, 0.1) is 11.9 Å². The molecule has 0 saturated carbocycles. The lowest BCUT2D eigenvalue weighted by Crippen LogP contribution is -2.34. The molecule has 26 heavy (non-hydrogen) atoms. The van der Waals surface area contributed by atoms with Crippen molar-refractivity contribution in [3.05, 3.63) is 84.2 Å². The van der Waals surface area contributed by atoms with Gasteiger partial charge < -0.3 is 10.6 Å². The average Bonchev–Trinajstić information content (AvgIpc) is 2.67. The van der Waals surface area contributed by atoms with Crippen LogP contribution in [0.15, 0.2) is 73.1 Å². The van der Waals surface area contributed by atoms with Crippen LogP contribution in [-0.4, -0.2) is 16.8 Å². The van der Waals surface area contributed by atoms with Crippen LogP contribution < -0.4 is 10.6 Å². The molecule has 130 valence electrons. The molecule has 1 heterocycles. The van der Waals surface area contributed by atoms with E-state index in [0.717, 1.165) is 16.7 Å². The number of nitrogens with one attached hydrogen (secondary N) is 2. The van der Waals surface area contributed by atoms with Gasteiger partial charge >= 0.3 is 11.8 Å². The number of amides is 2. The largest absolute Gasteiger partial charge is 0.344 e. The third kappa shape index (κ3) is 4.54. The van der Waals surface area contributed by atoms with Gasteiger partial charge in [-0.15, -0.1) is 0 Å². The number of benzene rings is 2. The number of carbonyl (C=O) groups is 2. The van der Waals surface area contributed by atoms with Gasteiger partial charge in [-0.1, -0.05) is 48.0 Å². The molecule has 1 aromatic heterocycles. The zero-order chi connectivity index (χ0) is 18.4. The Bertz CT molecular complexity index is 923. The van der Waals surface area contributed by atoms with Gasteiger partial charge in [-0.05, 0) is 41.8 Å². The molecule has 3 rings (SSSR count). The second-order valence-electron chi connectivity index (χ2n) is 5.95. The first-order valence-electron chi connectivity index (χ1n) is 8.27. The Hall–Kier alpha value is -3.47. The highest BCUT2D eigenvalue weighted by Crippen LogP contribution is 2.21. The highest BCUT2D eigenvalue weighted by molar-refractivity contribution is 6.39. The maximum atomic E-state index is 12.0. The molecule has 2 amide bonds. The summed E-state index contributed by atoms with van der Waals surface area (Å²) in [5.74, 6) is -1.40. The first-order valence-corrected chi connectivity index (χ1v) is 8.27. The van der Waals surface area contributed by atoms with Gasteiger partial charge in [0.15, 0.2) is 0 Å². The van der Waals surface area contributed by atoms with Gasteiger partial charge in [-0.2, -0.15) is 0 Å². The maximum absolute atomic E-state index is 12.0. The van der Waals surface area contributed by atoms with Crippen molar-refractivity contribution in [2.45, 2.75) is 13.5 Å². The Morgan fingerprint density at radius 2 is 1.69 bits per heavy atom. The van der Waals surface area contributed by atoms with Crippen molar-refractivity contribution in [2.75, 3.05) is 5.32 Å². The summed E-state index contributed by atoms with van der Waals surface area (Å²) in [7, 11) is 0. The Morgan fingerprint density at radius 1 is 0.923 bits per heavy atom. The third-order valence-corrected chi connectivity index (χ3v) is 3.86. The summed E-state index contributed by atoms with van der Waals surface area (Å²) in [6, 6.07) is 19.5. The van der Waals surface area contributed by atoms with Gasteiger partial charge in [0.25, 0.3) is 0 Å². The molecule has 0 fully saturated rings. The molecule has 0 aliphatic rings. The van der Waals surface area contributed by atoms with Gasteiger partial charge in [-0.25, -0.2) is 0 Å². The van der Waals surface area contributed by atoms with E-state index in [2.05, 4.69) is 34.7 Å². The van der Waals surface area contributed by atoms with E-state index in [1.54, 1.807) is 18.3 Å². The number of anilines is 1. The van der Waals surface area contributed by atoms with Gasteiger partial charge in [0, 0.05) is 12.7 Å². The second-order valence-corrected chi connectivity index (χ2v) is 5.95. The highest BCUT2D eigenvalue weighted by atomic mass is 16.2. The summed E-state index contributed by atoms with van der Waals surface area (Å²) in [6.45, 7) is 2.33. The molecular weight excluding hydrogens is 326 g/mol. The zero-order valence-electron chi connectivity index (χ0n) is 14.4. The molecule has 0 aliphatic heterocycles. The minimum Gasteiger partial charge on any atom is -0.344 e. The lowest BCUT2D eigenvalue weighted by atomic mass is 10.0. The molecule has 5 nitrogen and oxygen atoms in total. The quantitative estimate of drug-likeness (QED) is 0.713. The molecular formula is C21H19N3O2. The van der Waals surface area contributed by atoms with Crippen LogP contribution in [0, 0.1) is 6.92 Å². The van der Waals surface area contributed by atoms with Crippen molar-refractivity contribution in [3.63, 3.8) is 0 Å². The fourth-order valence-corrected chi connectivity index (χ4v) is 2.57. The molecule has 0 unspecified atom stereocenters. The number of aromatic nitrogens is 1. The van der Waals surface area contributed by atoms with E-state index >= 15 is 0 Å². The third-order valence-electron chi connectivity index (χ3n) is 3.86. The van der Waals surface area contributed by atoms with Crippen LogP contribution in [-0.2, 0) is 16.1 Å². The minimum atomic E-state index is -0.715. The summed E-state index contributed by atoms with van der Waals surface area (Å²) in [4.78, 5) is 27.8. The van der Waals surface area contributed by atoms with Gasteiger partial charge in [0.1, 0.15) is 0 Å². The summed E-state index contributed by atoms with van der Waals surface area (Å²) in [6.07, 6.45) is 3.08. The number of rotatable bonds is 4. The van der Waals surface area contributed by atoms with E-state index in [-0.39, 0.29) is 6.54 Å². The van der Waals surface area contributed by atoms with Crippen molar-refractivity contribution in [1.29, 1.82) is 0 Å². The Kier molecular flexibility index (Phi) is 5.39. The number of aryl methyl sites for hydroxylation is 1. The van der Waals surface area contributed by atoms with E-state index in [0.29, 0.717) is 5.69 Å². The fourth-order valence-electron chi connectivity index (χ4n) is 2.57. The summed E-state index contributed by atoms with van der Waals surface area (Å²) < 4.78 is 0. The molecule has 5 heteroatoms. The van der Waals surface area contributed by atoms with Crippen LogP contribution in [0.3, 0.4) is 0 Å². The van der Waals surface area contributed by atoms with E-state index < -0.39 is 11.8 Å². The Labute approximate surface area is 152 Å². The molecule has 0 atom stereocenters. The summed E-state index contributed by atoms with van der Waals surface area (Å²) in [5.41, 5.74) is 4.78. The number of hydrogen-bond acceptors (Lipinski definition) is 3. The average molecular weight is 345 g/mol. The summed E-state index contributed by atoms with van der Waals surface area (Å²) >= 11 is 0. The SMILES string of the molecule is Cc1cccc(-c2cccc(CNC(=O)C(=O)Nc3cccnc3)c2)c1. The topological polar surface area (TPSA) is 71.1 Å². The van der Waals surface area contributed by atoms with Crippen molar-refractivity contribution >= 4 is 17.5 Å². The zero-order valence-corrected chi connectivity index (χ0v) is 14.4. The van der Waals surface area contributed by atoms with Gasteiger partial charge in [0.2, 0.25) is 0 Å². The molecule has 0 aliphatic carbocycles. The molecule has 2 aromatic carbocycles. The second kappa shape index (κ2) is 8.07. The van der Waals surface area contributed by atoms with Crippen molar-refractivity contribution in [3.8, 4) is 11.1 Å². The van der Waals surface area contributed by atoms with E-state index in [4.69, 9.17) is 0 Å². The van der Waals surface area contributed by atoms with Crippen LogP contribution in [0.5, 0.6) is 0 Å². The van der Waals surface area contributed by atoms with Gasteiger partial charge in [-0.3, -0.25) is 14.6 Å². The predicted molar refractivity (Wildman–Crippen MR) is 101 cm³/mol. The van der Waals surface area contributed by atoms with Crippen molar-refractivity contribution in [2.24, 2.45) is 0 Å². The van der Waals surface area contributed by atoms with Crippen LogP contribution in [0.1, 0.15) is 11.1 Å². The Morgan fingerprint density at radius 3 is 2.42 bits per heavy atom. The van der Waals surface area contributed by atoms with Crippen molar-refractivity contribution < 1.29 is 9.59 Å². The standard InChI is InChI=1S/C21H19N3O2/c1-15-5-2-7-17(11-15)18-8-3-6-16(12-18)13-23-20(25)21(26)24-19-9-4-10-22-14-19/h2-12,14H,13H2,1H3,(H,23,25)(H,24,26). The molecule has 3 aromatic rings. The first kappa shape index (κ1) is 17.4. The molecule has 0 spiro atoms. The molecule has 0 saturated heterocycles. The number of carbonyl (C=O) groups excluding carboxylic acids is 2. The minimum absolute atomic E-state index is 0.277. The molecule has 0 bridgehead atoms. The normalized spacial score (nSPS) is 10.2. The number of nitrogens with zero attached hydrogens (tertiary/aromatic N) is 1. The molecule has 0 radical (unpaired) electrons. The van der Waals surface area contributed by atoms with E-state index in [1.165, 1.54) is 11.8 Å². The van der Waals surface area contributed by atoms with Crippen LogP contribution in [0.4, 0.5) is 5.69 Å². The Balaban J connectivity index is 1.62.